The minimum Gasteiger partial charge on any atom is -0.379 e. The van der Waals surface area contributed by atoms with E-state index in [0.29, 0.717) is 25.2 Å². The van der Waals surface area contributed by atoms with Gasteiger partial charge in [0.15, 0.2) is 0 Å². The predicted octanol–water partition coefficient (Wildman–Crippen LogP) is 1.04. The summed E-state index contributed by atoms with van der Waals surface area (Å²) in [5, 5.41) is 3.24. The van der Waals surface area contributed by atoms with Gasteiger partial charge in [0.25, 0.3) is 0 Å². The van der Waals surface area contributed by atoms with Gasteiger partial charge in [-0.25, -0.2) is 14.4 Å². The Bertz CT molecular complexity index is 325. The number of nitrogens with one attached hydrogen (secondary N) is 1. The molecule has 0 saturated carbocycles. The van der Waals surface area contributed by atoms with Crippen molar-refractivity contribution >= 4 is 0 Å². The van der Waals surface area contributed by atoms with Crippen LogP contribution in [0.3, 0.4) is 0 Å². The van der Waals surface area contributed by atoms with Gasteiger partial charge >= 0.3 is 0 Å². The van der Waals surface area contributed by atoms with E-state index in [2.05, 4.69) is 15.3 Å². The van der Waals surface area contributed by atoms with Crippen LogP contribution in [0, 0.1) is 0 Å². The Morgan fingerprint density at radius 3 is 2.94 bits per heavy atom. The van der Waals surface area contributed by atoms with Gasteiger partial charge in [-0.3, -0.25) is 0 Å². The summed E-state index contributed by atoms with van der Waals surface area (Å²) in [6.07, 6.45) is 4.83. The molecule has 88 valence electrons. The zero-order chi connectivity index (χ0) is 11.4. The van der Waals surface area contributed by atoms with Gasteiger partial charge in [-0.2, -0.15) is 0 Å². The zero-order valence-corrected chi connectivity index (χ0v) is 9.32. The van der Waals surface area contributed by atoms with Gasteiger partial charge in [-0.1, -0.05) is 0 Å². The highest BCUT2D eigenvalue weighted by Crippen LogP contribution is 2.29. The van der Waals surface area contributed by atoms with Crippen LogP contribution in [-0.4, -0.2) is 35.8 Å². The first-order valence-electron chi connectivity index (χ1n) is 5.44. The first-order valence-corrected chi connectivity index (χ1v) is 5.44. The fourth-order valence-corrected chi connectivity index (χ4v) is 1.90. The molecule has 5 heteroatoms. The molecule has 2 unspecified atom stereocenters. The molecule has 1 aliphatic heterocycles. The highest BCUT2D eigenvalue weighted by atomic mass is 19.1. The van der Waals surface area contributed by atoms with Gasteiger partial charge < -0.3 is 10.1 Å². The minimum atomic E-state index is -1.42. The fourth-order valence-electron chi connectivity index (χ4n) is 1.90. The Kier molecular flexibility index (Phi) is 3.46. The van der Waals surface area contributed by atoms with Gasteiger partial charge in [0.1, 0.15) is 12.0 Å². The second kappa shape index (κ2) is 4.84. The molecule has 1 aliphatic rings. The molecule has 0 aliphatic carbocycles. The largest absolute Gasteiger partial charge is 0.379 e. The van der Waals surface area contributed by atoms with Gasteiger partial charge in [0, 0.05) is 37.0 Å². The van der Waals surface area contributed by atoms with E-state index in [-0.39, 0.29) is 6.04 Å². The van der Waals surface area contributed by atoms with Crippen LogP contribution < -0.4 is 5.32 Å². The van der Waals surface area contributed by atoms with Crippen LogP contribution in [0.4, 0.5) is 4.39 Å². The molecular weight excluding hydrogens is 209 g/mol. The molecule has 2 atom stereocenters. The lowest BCUT2D eigenvalue weighted by Crippen LogP contribution is -2.44. The normalized spacial score (nSPS) is 25.0. The second-order valence-electron chi connectivity index (χ2n) is 4.25. The van der Waals surface area contributed by atoms with E-state index < -0.39 is 5.67 Å². The van der Waals surface area contributed by atoms with Crippen LogP contribution >= 0.6 is 0 Å². The Hall–Kier alpha value is -1.07. The third-order valence-electron chi connectivity index (χ3n) is 2.79. The number of hydrogen-bond acceptors (Lipinski definition) is 4. The molecule has 1 fully saturated rings. The first-order chi connectivity index (χ1) is 7.68. The molecular formula is C11H16FN3O. The Labute approximate surface area is 94.2 Å². The number of halogens is 1. The van der Waals surface area contributed by atoms with E-state index in [1.165, 1.54) is 18.7 Å². The Morgan fingerprint density at radius 2 is 2.31 bits per heavy atom. The molecule has 4 nitrogen and oxygen atoms in total. The highest BCUT2D eigenvalue weighted by molar-refractivity contribution is 5.13. The van der Waals surface area contributed by atoms with E-state index in [1.807, 2.05) is 0 Å². The van der Waals surface area contributed by atoms with Crippen LogP contribution in [0.5, 0.6) is 0 Å². The molecule has 2 rings (SSSR count). The summed E-state index contributed by atoms with van der Waals surface area (Å²) in [5.41, 5.74) is -0.901. The molecule has 0 radical (unpaired) electrons. The lowest BCUT2D eigenvalue weighted by Gasteiger charge is -2.29. The number of ether oxygens (including phenoxy) is 1. The molecule has 0 amide bonds. The van der Waals surface area contributed by atoms with Gasteiger partial charge in [0.2, 0.25) is 0 Å². The van der Waals surface area contributed by atoms with Crippen molar-refractivity contribution in [3.8, 4) is 0 Å². The van der Waals surface area contributed by atoms with E-state index in [4.69, 9.17) is 4.74 Å². The summed E-state index contributed by atoms with van der Waals surface area (Å²) < 4.78 is 19.7. The SMILES string of the molecule is CC(F)(CC1COCCN1)c1cncnc1. The number of hydrogen-bond donors (Lipinski definition) is 1. The molecule has 16 heavy (non-hydrogen) atoms. The summed E-state index contributed by atoms with van der Waals surface area (Å²) in [4.78, 5) is 7.68. The summed E-state index contributed by atoms with van der Waals surface area (Å²) in [6, 6.07) is 0.0592. The monoisotopic (exact) mass is 225 g/mol. The van der Waals surface area contributed by atoms with Crippen LogP contribution in [0.1, 0.15) is 18.9 Å². The van der Waals surface area contributed by atoms with Crippen molar-refractivity contribution in [1.29, 1.82) is 0 Å². The summed E-state index contributed by atoms with van der Waals surface area (Å²) in [5.74, 6) is 0. The van der Waals surface area contributed by atoms with Gasteiger partial charge in [-0.05, 0) is 6.92 Å². The van der Waals surface area contributed by atoms with Crippen molar-refractivity contribution < 1.29 is 9.13 Å². The van der Waals surface area contributed by atoms with Crippen molar-refractivity contribution in [2.24, 2.45) is 0 Å². The predicted molar refractivity (Wildman–Crippen MR) is 57.7 cm³/mol. The first kappa shape index (κ1) is 11.4. The Morgan fingerprint density at radius 1 is 1.56 bits per heavy atom. The lowest BCUT2D eigenvalue weighted by atomic mass is 9.92. The third kappa shape index (κ3) is 2.74. The molecule has 0 spiro atoms. The fraction of sp³-hybridized carbons (Fsp3) is 0.636. The molecule has 2 heterocycles. The van der Waals surface area contributed by atoms with Crippen molar-refractivity contribution in [3.05, 3.63) is 24.3 Å². The standard InChI is InChI=1S/C11H16FN3O/c1-11(12,9-5-13-8-14-6-9)4-10-7-16-3-2-15-10/h5-6,8,10,15H,2-4,7H2,1H3. The Balaban J connectivity index is 2.01. The van der Waals surface area contributed by atoms with E-state index in [1.54, 1.807) is 6.92 Å². The highest BCUT2D eigenvalue weighted by Gasteiger charge is 2.31. The number of rotatable bonds is 3. The third-order valence-corrected chi connectivity index (χ3v) is 2.79. The smallest absolute Gasteiger partial charge is 0.137 e. The van der Waals surface area contributed by atoms with Crippen LogP contribution in [-0.2, 0) is 10.4 Å². The van der Waals surface area contributed by atoms with Crippen molar-refractivity contribution in [2.45, 2.75) is 25.1 Å². The van der Waals surface area contributed by atoms with E-state index in [9.17, 15) is 4.39 Å². The minimum absolute atomic E-state index is 0.0592. The molecule has 1 saturated heterocycles. The topological polar surface area (TPSA) is 47.0 Å². The molecule has 0 bridgehead atoms. The second-order valence-corrected chi connectivity index (χ2v) is 4.25. The van der Waals surface area contributed by atoms with Crippen molar-refractivity contribution in [3.63, 3.8) is 0 Å². The number of morpholine rings is 1. The van der Waals surface area contributed by atoms with Gasteiger partial charge in [0.05, 0.1) is 13.2 Å². The molecule has 1 aromatic rings. The van der Waals surface area contributed by atoms with Crippen LogP contribution in [0.25, 0.3) is 0 Å². The maximum Gasteiger partial charge on any atom is 0.137 e. The van der Waals surface area contributed by atoms with E-state index in [0.717, 1.165) is 6.54 Å². The number of alkyl halides is 1. The maximum atomic E-state index is 14.4. The summed E-state index contributed by atoms with van der Waals surface area (Å²) in [7, 11) is 0. The van der Waals surface area contributed by atoms with Crippen molar-refractivity contribution in [2.75, 3.05) is 19.8 Å². The summed E-state index contributed by atoms with van der Waals surface area (Å²) in [6.45, 7) is 3.61. The number of aromatic nitrogens is 2. The molecule has 1 aromatic heterocycles. The maximum absolute atomic E-state index is 14.4. The summed E-state index contributed by atoms with van der Waals surface area (Å²) >= 11 is 0. The van der Waals surface area contributed by atoms with Crippen LogP contribution in [0.15, 0.2) is 18.7 Å². The van der Waals surface area contributed by atoms with Crippen molar-refractivity contribution in [1.82, 2.24) is 15.3 Å². The average molecular weight is 225 g/mol. The average Bonchev–Trinajstić information content (AvgIpc) is 2.31. The number of nitrogens with zero attached hydrogens (tertiary/aromatic N) is 2. The lowest BCUT2D eigenvalue weighted by molar-refractivity contribution is 0.0473. The van der Waals surface area contributed by atoms with E-state index >= 15 is 0 Å². The zero-order valence-electron chi connectivity index (χ0n) is 9.32. The quantitative estimate of drug-likeness (QED) is 0.835. The molecule has 1 N–H and O–H groups in total. The molecule has 0 aromatic carbocycles. The van der Waals surface area contributed by atoms with Gasteiger partial charge in [-0.15, -0.1) is 0 Å². The van der Waals surface area contributed by atoms with Crippen LogP contribution in [0.2, 0.25) is 0 Å².